The summed E-state index contributed by atoms with van der Waals surface area (Å²) in [5, 5.41) is 0. The average Bonchev–Trinajstić information content (AvgIpc) is 2.71. The van der Waals surface area contributed by atoms with Gasteiger partial charge in [-0.15, -0.1) is 0 Å². The van der Waals surface area contributed by atoms with Crippen molar-refractivity contribution in [3.63, 3.8) is 0 Å². The van der Waals surface area contributed by atoms with Crippen molar-refractivity contribution in [2.24, 2.45) is 28.9 Å². The zero-order valence-corrected chi connectivity index (χ0v) is 9.34. The van der Waals surface area contributed by atoms with Gasteiger partial charge in [0.2, 0.25) is 0 Å². The van der Waals surface area contributed by atoms with Gasteiger partial charge in [0.1, 0.15) is 0 Å². The second kappa shape index (κ2) is 2.98. The van der Waals surface area contributed by atoms with Crippen molar-refractivity contribution < 1.29 is 0 Å². The van der Waals surface area contributed by atoms with Gasteiger partial charge in [0.15, 0.2) is 0 Å². The van der Waals surface area contributed by atoms with Crippen LogP contribution in [0.4, 0.5) is 0 Å². The molecule has 0 aromatic rings. The molecule has 0 aromatic heterocycles. The van der Waals surface area contributed by atoms with Gasteiger partial charge in [-0.1, -0.05) is 19.8 Å². The fourth-order valence-electron chi connectivity index (χ4n) is 4.91. The molecule has 3 aliphatic carbocycles. The molecule has 3 aliphatic rings. The van der Waals surface area contributed by atoms with Crippen molar-refractivity contribution in [3.05, 3.63) is 0 Å². The van der Waals surface area contributed by atoms with Crippen LogP contribution in [-0.4, -0.2) is 6.04 Å². The predicted molar refractivity (Wildman–Crippen MR) is 58.9 cm³/mol. The van der Waals surface area contributed by atoms with Crippen LogP contribution in [0.25, 0.3) is 0 Å². The first-order chi connectivity index (χ1) is 6.72. The smallest absolute Gasteiger partial charge is 0.0127 e. The van der Waals surface area contributed by atoms with E-state index in [0.29, 0.717) is 11.5 Å². The van der Waals surface area contributed by atoms with Gasteiger partial charge in [-0.05, 0) is 55.3 Å². The predicted octanol–water partition coefficient (Wildman–Crippen LogP) is 2.94. The molecule has 1 spiro atoms. The van der Waals surface area contributed by atoms with E-state index in [4.69, 9.17) is 5.73 Å². The molecule has 3 rings (SSSR count). The fourth-order valence-corrected chi connectivity index (χ4v) is 4.91. The van der Waals surface area contributed by atoms with Gasteiger partial charge < -0.3 is 5.73 Å². The van der Waals surface area contributed by atoms with E-state index >= 15 is 0 Å². The molecule has 14 heavy (non-hydrogen) atoms. The van der Waals surface area contributed by atoms with Crippen LogP contribution in [-0.2, 0) is 0 Å². The molecule has 2 N–H and O–H groups in total. The van der Waals surface area contributed by atoms with Crippen LogP contribution in [0.15, 0.2) is 0 Å². The van der Waals surface area contributed by atoms with Crippen molar-refractivity contribution >= 4 is 0 Å². The fraction of sp³-hybridized carbons (Fsp3) is 1.00. The average molecular weight is 193 g/mol. The Kier molecular flexibility index (Phi) is 1.96. The lowest BCUT2D eigenvalue weighted by atomic mass is 9.60. The largest absolute Gasteiger partial charge is 0.327 e. The summed E-state index contributed by atoms with van der Waals surface area (Å²) >= 11 is 0. The third-order valence-corrected chi connectivity index (χ3v) is 5.53. The van der Waals surface area contributed by atoms with E-state index in [-0.39, 0.29) is 0 Å². The third kappa shape index (κ3) is 1.05. The summed E-state index contributed by atoms with van der Waals surface area (Å²) in [5.74, 6) is 2.84. The van der Waals surface area contributed by atoms with E-state index in [2.05, 4.69) is 6.92 Å². The van der Waals surface area contributed by atoms with E-state index in [1.807, 2.05) is 0 Å². The summed E-state index contributed by atoms with van der Waals surface area (Å²) in [7, 11) is 0. The molecule has 5 atom stereocenters. The molecule has 0 aliphatic heterocycles. The van der Waals surface area contributed by atoms with Gasteiger partial charge in [0.25, 0.3) is 0 Å². The summed E-state index contributed by atoms with van der Waals surface area (Å²) < 4.78 is 0. The highest BCUT2D eigenvalue weighted by Crippen LogP contribution is 2.61. The van der Waals surface area contributed by atoms with E-state index in [9.17, 15) is 0 Å². The van der Waals surface area contributed by atoms with Crippen molar-refractivity contribution in [3.8, 4) is 0 Å². The molecular formula is C13H23N. The van der Waals surface area contributed by atoms with Crippen LogP contribution < -0.4 is 5.73 Å². The highest BCUT2D eigenvalue weighted by atomic mass is 14.8. The molecule has 1 nitrogen and oxygen atoms in total. The minimum atomic E-state index is 0.559. The van der Waals surface area contributed by atoms with Crippen LogP contribution >= 0.6 is 0 Å². The minimum Gasteiger partial charge on any atom is -0.327 e. The van der Waals surface area contributed by atoms with Gasteiger partial charge in [-0.2, -0.15) is 0 Å². The second-order valence-electron chi connectivity index (χ2n) is 6.23. The minimum absolute atomic E-state index is 0.559. The van der Waals surface area contributed by atoms with Gasteiger partial charge in [0, 0.05) is 6.04 Å². The van der Waals surface area contributed by atoms with Gasteiger partial charge >= 0.3 is 0 Å². The quantitative estimate of drug-likeness (QED) is 0.629. The van der Waals surface area contributed by atoms with E-state index in [1.165, 1.54) is 44.9 Å². The number of hydrogen-bond acceptors (Lipinski definition) is 1. The van der Waals surface area contributed by atoms with E-state index < -0.39 is 0 Å². The topological polar surface area (TPSA) is 26.0 Å². The molecule has 2 bridgehead atoms. The SMILES string of the molecule is C[C@@H]1CCC[C@]2(C1)[C@H]1CC[C@H](C1)[C@H]2N. The lowest BCUT2D eigenvalue weighted by Crippen LogP contribution is -2.48. The Labute approximate surface area is 87.4 Å². The van der Waals surface area contributed by atoms with E-state index in [0.717, 1.165) is 17.8 Å². The monoisotopic (exact) mass is 193 g/mol. The Morgan fingerprint density at radius 3 is 2.71 bits per heavy atom. The molecule has 3 fully saturated rings. The Morgan fingerprint density at radius 1 is 1.21 bits per heavy atom. The maximum Gasteiger partial charge on any atom is 0.0127 e. The second-order valence-corrected chi connectivity index (χ2v) is 6.23. The molecule has 0 radical (unpaired) electrons. The Bertz CT molecular complexity index is 233. The lowest BCUT2D eigenvalue weighted by molar-refractivity contribution is 0.0531. The van der Waals surface area contributed by atoms with Gasteiger partial charge in [0.05, 0.1) is 0 Å². The zero-order chi connectivity index (χ0) is 9.76. The molecule has 0 saturated heterocycles. The first-order valence-electron chi connectivity index (χ1n) is 6.48. The van der Waals surface area contributed by atoms with Crippen LogP contribution in [0.2, 0.25) is 0 Å². The molecule has 0 unspecified atom stereocenters. The summed E-state index contributed by atoms with van der Waals surface area (Å²) in [5.41, 5.74) is 7.09. The normalized spacial score (nSPS) is 57.0. The molecular weight excluding hydrogens is 170 g/mol. The summed E-state index contributed by atoms with van der Waals surface area (Å²) in [4.78, 5) is 0. The molecule has 3 saturated carbocycles. The standard InChI is InChI=1S/C13H23N/c1-9-3-2-6-13(8-9)11-5-4-10(7-11)12(13)14/h9-12H,2-8,14H2,1H3/t9-,10-,11+,12-,13+/m1/s1. The molecule has 0 aromatic carbocycles. The first kappa shape index (κ1) is 9.21. The summed E-state index contributed by atoms with van der Waals surface area (Å²) in [6, 6.07) is 0.559. The maximum absolute atomic E-state index is 6.49. The Balaban J connectivity index is 1.87. The van der Waals surface area contributed by atoms with Crippen LogP contribution in [0.5, 0.6) is 0 Å². The molecule has 1 heteroatoms. The van der Waals surface area contributed by atoms with Gasteiger partial charge in [-0.3, -0.25) is 0 Å². The number of rotatable bonds is 0. The Morgan fingerprint density at radius 2 is 2.07 bits per heavy atom. The van der Waals surface area contributed by atoms with E-state index in [1.54, 1.807) is 0 Å². The lowest BCUT2D eigenvalue weighted by Gasteiger charge is -2.47. The maximum atomic E-state index is 6.49. The Hall–Kier alpha value is -0.0400. The molecule has 0 amide bonds. The third-order valence-electron chi connectivity index (χ3n) is 5.53. The number of hydrogen-bond donors (Lipinski definition) is 1. The van der Waals surface area contributed by atoms with Crippen LogP contribution in [0, 0.1) is 23.2 Å². The van der Waals surface area contributed by atoms with Gasteiger partial charge in [-0.25, -0.2) is 0 Å². The summed E-state index contributed by atoms with van der Waals surface area (Å²) in [6.45, 7) is 2.43. The number of nitrogens with two attached hydrogens (primary N) is 1. The first-order valence-corrected chi connectivity index (χ1v) is 6.48. The van der Waals surface area contributed by atoms with Crippen LogP contribution in [0.3, 0.4) is 0 Å². The van der Waals surface area contributed by atoms with Crippen molar-refractivity contribution in [2.75, 3.05) is 0 Å². The zero-order valence-electron chi connectivity index (χ0n) is 9.34. The highest BCUT2D eigenvalue weighted by Gasteiger charge is 2.56. The highest BCUT2D eigenvalue weighted by molar-refractivity contribution is 5.09. The van der Waals surface area contributed by atoms with Crippen molar-refractivity contribution in [2.45, 2.75) is 57.9 Å². The number of fused-ring (bicyclic) bond motifs is 3. The molecule has 80 valence electrons. The molecule has 0 heterocycles. The summed E-state index contributed by atoms with van der Waals surface area (Å²) in [6.07, 6.45) is 10.2. The van der Waals surface area contributed by atoms with Crippen molar-refractivity contribution in [1.29, 1.82) is 0 Å². The van der Waals surface area contributed by atoms with Crippen LogP contribution in [0.1, 0.15) is 51.9 Å². The van der Waals surface area contributed by atoms with Crippen molar-refractivity contribution in [1.82, 2.24) is 0 Å².